The molecule has 0 amide bonds. The number of alkyl halides is 1. The molecule has 0 radical (unpaired) electrons. The van der Waals surface area contributed by atoms with Crippen LogP contribution in [-0.2, 0) is 4.79 Å². The Morgan fingerprint density at radius 2 is 2.10 bits per heavy atom. The maximum atomic E-state index is 10.6. The summed E-state index contributed by atoms with van der Waals surface area (Å²) in [5, 5.41) is 18.9. The maximum Gasteiger partial charge on any atom is 0.360 e. The van der Waals surface area contributed by atoms with Crippen molar-refractivity contribution in [3.63, 3.8) is 0 Å². The highest BCUT2D eigenvalue weighted by molar-refractivity contribution is 6.31. The highest BCUT2D eigenvalue weighted by Crippen LogP contribution is 2.31. The quantitative estimate of drug-likeness (QED) is 0.829. The molecule has 0 aliphatic carbocycles. The lowest BCUT2D eigenvalue weighted by molar-refractivity contribution is -0.141. The largest absolute Gasteiger partial charge is 0.478 e. The van der Waals surface area contributed by atoms with Gasteiger partial charge in [0.25, 0.3) is 5.56 Å². The summed E-state index contributed by atoms with van der Waals surface area (Å²) in [5.41, 5.74) is -1.10. The molecule has 7 heteroatoms. The number of hydrogen-bond donors (Lipinski definition) is 2. The number of rotatable bonds is 5. The molecule has 0 saturated heterocycles. The van der Waals surface area contributed by atoms with E-state index in [9.17, 15) is 9.90 Å². The summed E-state index contributed by atoms with van der Waals surface area (Å²) >= 11 is 11.5. The Kier molecular flexibility index (Phi) is 4.54. The second kappa shape index (κ2) is 6.17. The van der Waals surface area contributed by atoms with E-state index in [-0.39, 0.29) is 10.8 Å². The molecule has 20 heavy (non-hydrogen) atoms. The molecule has 0 spiro atoms. The first kappa shape index (κ1) is 14.7. The van der Waals surface area contributed by atoms with E-state index in [2.05, 4.69) is 0 Å². The third-order valence-electron chi connectivity index (χ3n) is 2.51. The van der Waals surface area contributed by atoms with Gasteiger partial charge in [0.05, 0.1) is 11.3 Å². The van der Waals surface area contributed by atoms with Crippen LogP contribution < -0.4 is 4.74 Å². The Bertz CT molecular complexity index is 597. The molecule has 0 fully saturated rings. The molecule has 1 aromatic carbocycles. The number of ether oxygens (including phenoxy) is 1. The first-order valence-electron chi connectivity index (χ1n) is 5.53. The lowest BCUT2D eigenvalue weighted by atomic mass is 10.1. The summed E-state index contributed by atoms with van der Waals surface area (Å²) in [7, 11) is 0. The van der Waals surface area contributed by atoms with Crippen molar-refractivity contribution in [1.29, 1.82) is 0 Å². The maximum absolute atomic E-state index is 10.6. The smallest absolute Gasteiger partial charge is 0.360 e. The molecule has 0 bridgehead atoms. The topological polar surface area (TPSA) is 79.9 Å². The summed E-state index contributed by atoms with van der Waals surface area (Å²) in [6.07, 6.45) is 0.423. The minimum Gasteiger partial charge on any atom is -0.478 e. The molecule has 106 valence electrons. The van der Waals surface area contributed by atoms with Crippen LogP contribution in [0.2, 0.25) is 5.02 Å². The summed E-state index contributed by atoms with van der Waals surface area (Å²) < 4.78 is 10.1. The van der Waals surface area contributed by atoms with Gasteiger partial charge in [-0.05, 0) is 24.3 Å². The van der Waals surface area contributed by atoms with Gasteiger partial charge in [-0.3, -0.25) is 0 Å². The van der Waals surface area contributed by atoms with E-state index in [4.69, 9.17) is 37.5 Å². The fraction of sp³-hybridized carbons (Fsp3) is 0.154. The van der Waals surface area contributed by atoms with Gasteiger partial charge in [-0.15, -0.1) is 0 Å². The second-order valence-corrected chi connectivity index (χ2v) is 4.68. The van der Waals surface area contributed by atoms with E-state index in [1.54, 1.807) is 12.1 Å². The molecule has 5 nitrogen and oxygen atoms in total. The zero-order valence-corrected chi connectivity index (χ0v) is 11.5. The van der Waals surface area contributed by atoms with Gasteiger partial charge in [0, 0.05) is 5.56 Å². The van der Waals surface area contributed by atoms with Crippen molar-refractivity contribution in [1.82, 2.24) is 0 Å². The number of carboxylic acids is 1. The van der Waals surface area contributed by atoms with E-state index >= 15 is 0 Å². The van der Waals surface area contributed by atoms with E-state index < -0.39 is 17.6 Å². The van der Waals surface area contributed by atoms with Crippen molar-refractivity contribution in [3.05, 3.63) is 52.9 Å². The molecule has 2 aromatic rings. The lowest BCUT2D eigenvalue weighted by Crippen LogP contribution is -2.20. The number of halogens is 2. The molecule has 1 heterocycles. The van der Waals surface area contributed by atoms with Crippen molar-refractivity contribution in [2.24, 2.45) is 0 Å². The Labute approximate surface area is 124 Å². The van der Waals surface area contributed by atoms with Gasteiger partial charge in [-0.2, -0.15) is 0 Å². The number of carboxylic acid groups (broad SMARTS) is 1. The summed E-state index contributed by atoms with van der Waals surface area (Å²) in [5.74, 6) is -0.767. The van der Waals surface area contributed by atoms with E-state index in [1.807, 2.05) is 0 Å². The zero-order valence-electron chi connectivity index (χ0n) is 9.99. The van der Waals surface area contributed by atoms with Crippen LogP contribution in [0.5, 0.6) is 5.75 Å². The standard InChI is InChI=1S/C13H10Cl2O5/c14-9-6-7(20-12(15)13(17)18)3-4-8(9)11(16)10-2-1-5-19-10/h1-6,11-12,16H,(H,17,18). The average molecular weight is 317 g/mol. The molecular weight excluding hydrogens is 307 g/mol. The number of carbonyl (C=O) groups is 1. The minimum absolute atomic E-state index is 0.188. The van der Waals surface area contributed by atoms with Crippen molar-refractivity contribution in [3.8, 4) is 5.75 Å². The molecule has 2 unspecified atom stereocenters. The number of hydrogen-bond acceptors (Lipinski definition) is 4. The molecular formula is C13H10Cl2O5. The second-order valence-electron chi connectivity index (χ2n) is 3.87. The normalized spacial score (nSPS) is 13.8. The van der Waals surface area contributed by atoms with Crippen molar-refractivity contribution >= 4 is 29.2 Å². The van der Waals surface area contributed by atoms with Gasteiger partial charge in [0.15, 0.2) is 0 Å². The van der Waals surface area contributed by atoms with Crippen LogP contribution in [-0.4, -0.2) is 21.7 Å². The fourth-order valence-electron chi connectivity index (χ4n) is 1.57. The molecule has 2 atom stereocenters. The summed E-state index contributed by atoms with van der Waals surface area (Å²) in [4.78, 5) is 10.6. The fourth-order valence-corrected chi connectivity index (χ4v) is 1.95. The zero-order chi connectivity index (χ0) is 14.7. The van der Waals surface area contributed by atoms with Gasteiger partial charge >= 0.3 is 5.97 Å². The van der Waals surface area contributed by atoms with Gasteiger partial charge in [0.2, 0.25) is 0 Å². The van der Waals surface area contributed by atoms with Gasteiger partial charge in [0.1, 0.15) is 17.6 Å². The van der Waals surface area contributed by atoms with Crippen LogP contribution in [0.1, 0.15) is 17.4 Å². The number of aliphatic hydroxyl groups excluding tert-OH is 1. The van der Waals surface area contributed by atoms with Crippen LogP contribution in [0.25, 0.3) is 0 Å². The lowest BCUT2D eigenvalue weighted by Gasteiger charge is -2.13. The Balaban J connectivity index is 2.20. The minimum atomic E-state index is -1.51. The van der Waals surface area contributed by atoms with Gasteiger partial charge in [-0.25, -0.2) is 4.79 Å². The molecule has 2 rings (SSSR count). The number of aliphatic carboxylic acids is 1. The van der Waals surface area contributed by atoms with E-state index in [1.165, 1.54) is 24.5 Å². The number of furan rings is 1. The van der Waals surface area contributed by atoms with Crippen LogP contribution in [0.4, 0.5) is 0 Å². The van der Waals surface area contributed by atoms with Gasteiger partial charge < -0.3 is 19.4 Å². The Hall–Kier alpha value is -1.69. The predicted molar refractivity (Wildman–Crippen MR) is 72.1 cm³/mol. The highest BCUT2D eigenvalue weighted by Gasteiger charge is 2.19. The predicted octanol–water partition coefficient (Wildman–Crippen LogP) is 3.04. The Morgan fingerprint density at radius 3 is 2.65 bits per heavy atom. The van der Waals surface area contributed by atoms with Crippen LogP contribution in [0.3, 0.4) is 0 Å². The first-order valence-corrected chi connectivity index (χ1v) is 6.35. The number of aliphatic hydroxyl groups is 1. The van der Waals surface area contributed by atoms with Crippen LogP contribution in [0.15, 0.2) is 41.0 Å². The monoisotopic (exact) mass is 316 g/mol. The molecule has 0 aliphatic heterocycles. The highest BCUT2D eigenvalue weighted by atomic mass is 35.5. The molecule has 0 aliphatic rings. The first-order chi connectivity index (χ1) is 9.49. The van der Waals surface area contributed by atoms with E-state index in [0.717, 1.165) is 0 Å². The Morgan fingerprint density at radius 1 is 1.35 bits per heavy atom. The van der Waals surface area contributed by atoms with Crippen LogP contribution in [0, 0.1) is 0 Å². The third-order valence-corrected chi connectivity index (χ3v) is 3.12. The van der Waals surface area contributed by atoms with Gasteiger partial charge in [-0.1, -0.05) is 29.3 Å². The molecule has 2 N–H and O–H groups in total. The van der Waals surface area contributed by atoms with Crippen LogP contribution >= 0.6 is 23.2 Å². The summed E-state index contributed by atoms with van der Waals surface area (Å²) in [6.45, 7) is 0. The molecule has 1 aromatic heterocycles. The van der Waals surface area contributed by atoms with E-state index in [0.29, 0.717) is 11.3 Å². The van der Waals surface area contributed by atoms with Crippen molar-refractivity contribution < 1.29 is 24.2 Å². The summed E-state index contributed by atoms with van der Waals surface area (Å²) in [6, 6.07) is 7.61. The van der Waals surface area contributed by atoms with Crippen molar-refractivity contribution in [2.45, 2.75) is 11.7 Å². The van der Waals surface area contributed by atoms with Crippen molar-refractivity contribution in [2.75, 3.05) is 0 Å². The number of benzene rings is 1. The molecule has 0 saturated carbocycles. The average Bonchev–Trinajstić information content (AvgIpc) is 2.91. The SMILES string of the molecule is O=C(O)C(Cl)Oc1ccc(C(O)c2ccco2)c(Cl)c1. The third kappa shape index (κ3) is 3.25.